The lowest BCUT2D eigenvalue weighted by atomic mass is 9.95. The number of carbonyl (C=O) groups is 2. The van der Waals surface area contributed by atoms with Crippen LogP contribution < -0.4 is 4.90 Å². The Hall–Kier alpha value is -3.10. The molecule has 0 radical (unpaired) electrons. The van der Waals surface area contributed by atoms with Crippen molar-refractivity contribution in [1.29, 1.82) is 0 Å². The maximum Gasteiger partial charge on any atom is 0.301 e. The minimum absolute atomic E-state index is 0.117. The van der Waals surface area contributed by atoms with Crippen LogP contribution in [0, 0.1) is 5.82 Å². The fourth-order valence-corrected chi connectivity index (χ4v) is 3.74. The van der Waals surface area contributed by atoms with Crippen molar-refractivity contribution in [3.63, 3.8) is 0 Å². The van der Waals surface area contributed by atoms with E-state index in [0.717, 1.165) is 23.5 Å². The normalized spacial score (nSPS) is 18.6. The van der Waals surface area contributed by atoms with Crippen molar-refractivity contribution < 1.29 is 19.1 Å². The van der Waals surface area contributed by atoms with Gasteiger partial charge in [-0.3, -0.25) is 14.5 Å². The second-order valence-electron chi connectivity index (χ2n) is 5.95. The zero-order valence-electron chi connectivity index (χ0n) is 14.0. The number of anilines is 1. The van der Waals surface area contributed by atoms with Crippen LogP contribution in [0.4, 0.5) is 9.52 Å². The van der Waals surface area contributed by atoms with Gasteiger partial charge in [-0.1, -0.05) is 35.1 Å². The first-order valence-electron chi connectivity index (χ1n) is 8.06. The molecule has 1 atom stereocenters. The summed E-state index contributed by atoms with van der Waals surface area (Å²) in [5, 5.41) is 19.1. The molecule has 0 unspecified atom stereocenters. The van der Waals surface area contributed by atoms with Crippen LogP contribution in [0.2, 0.25) is 5.02 Å². The first-order chi connectivity index (χ1) is 13.5. The third-order valence-corrected chi connectivity index (χ3v) is 5.24. The number of aromatic nitrogens is 2. The first-order valence-corrected chi connectivity index (χ1v) is 9.31. The summed E-state index contributed by atoms with van der Waals surface area (Å²) in [6.07, 6.45) is 0. The van der Waals surface area contributed by atoms with Crippen LogP contribution in [0.25, 0.3) is 5.76 Å². The molecule has 0 bridgehead atoms. The smallest absolute Gasteiger partial charge is 0.301 e. The molecule has 3 aromatic rings. The van der Waals surface area contributed by atoms with Crippen LogP contribution in [0.15, 0.2) is 59.6 Å². The highest BCUT2D eigenvalue weighted by atomic mass is 35.5. The van der Waals surface area contributed by atoms with E-state index < -0.39 is 29.3 Å². The van der Waals surface area contributed by atoms with E-state index in [1.54, 1.807) is 24.3 Å². The summed E-state index contributed by atoms with van der Waals surface area (Å²) in [7, 11) is 0. The number of rotatable bonds is 3. The number of aliphatic hydroxyl groups is 1. The van der Waals surface area contributed by atoms with E-state index in [2.05, 4.69) is 10.2 Å². The second-order valence-corrected chi connectivity index (χ2v) is 7.20. The van der Waals surface area contributed by atoms with Crippen molar-refractivity contribution in [3.05, 3.63) is 81.6 Å². The molecule has 4 rings (SSSR count). The number of ketones is 1. The predicted octanol–water partition coefficient (Wildman–Crippen LogP) is 3.96. The van der Waals surface area contributed by atoms with Gasteiger partial charge < -0.3 is 5.11 Å². The molecular formula is C19H11ClFN3O3S. The zero-order chi connectivity index (χ0) is 19.8. The molecule has 2 aromatic carbocycles. The van der Waals surface area contributed by atoms with Gasteiger partial charge in [0, 0.05) is 10.6 Å². The van der Waals surface area contributed by atoms with E-state index in [9.17, 15) is 19.1 Å². The van der Waals surface area contributed by atoms with Crippen molar-refractivity contribution in [2.45, 2.75) is 6.04 Å². The van der Waals surface area contributed by atoms with Gasteiger partial charge in [-0.25, -0.2) is 4.39 Å². The third-order valence-electron chi connectivity index (χ3n) is 4.30. The molecule has 6 nitrogen and oxygen atoms in total. The highest BCUT2D eigenvalue weighted by Gasteiger charge is 2.48. The van der Waals surface area contributed by atoms with E-state index >= 15 is 0 Å². The average molecular weight is 416 g/mol. The first kappa shape index (κ1) is 18.3. The summed E-state index contributed by atoms with van der Waals surface area (Å²) in [5.41, 5.74) is 2.10. The zero-order valence-corrected chi connectivity index (χ0v) is 15.6. The van der Waals surface area contributed by atoms with Gasteiger partial charge >= 0.3 is 5.91 Å². The highest BCUT2D eigenvalue weighted by Crippen LogP contribution is 2.42. The van der Waals surface area contributed by atoms with Crippen molar-refractivity contribution >= 4 is 45.5 Å². The second kappa shape index (κ2) is 7.14. The van der Waals surface area contributed by atoms with Crippen molar-refractivity contribution in [3.8, 4) is 0 Å². The highest BCUT2D eigenvalue weighted by molar-refractivity contribution is 7.13. The number of hydrogen-bond acceptors (Lipinski definition) is 6. The Morgan fingerprint density at radius 2 is 1.79 bits per heavy atom. The largest absolute Gasteiger partial charge is 0.507 e. The van der Waals surface area contributed by atoms with Gasteiger partial charge in [0.2, 0.25) is 5.13 Å². The fourth-order valence-electron chi connectivity index (χ4n) is 3.03. The summed E-state index contributed by atoms with van der Waals surface area (Å²) in [6.45, 7) is 0. The molecular weight excluding hydrogens is 405 g/mol. The van der Waals surface area contributed by atoms with Gasteiger partial charge in [-0.15, -0.1) is 10.2 Å². The molecule has 140 valence electrons. The Morgan fingerprint density at radius 3 is 2.39 bits per heavy atom. The van der Waals surface area contributed by atoms with E-state index in [-0.39, 0.29) is 16.3 Å². The van der Waals surface area contributed by atoms with E-state index in [1.807, 2.05) is 0 Å². The van der Waals surface area contributed by atoms with E-state index in [4.69, 9.17) is 11.6 Å². The molecule has 1 N–H and O–H groups in total. The molecule has 1 saturated heterocycles. The van der Waals surface area contributed by atoms with E-state index in [0.29, 0.717) is 10.6 Å². The summed E-state index contributed by atoms with van der Waals surface area (Å²) < 4.78 is 13.2. The quantitative estimate of drug-likeness (QED) is 0.397. The molecule has 28 heavy (non-hydrogen) atoms. The molecule has 1 aromatic heterocycles. The van der Waals surface area contributed by atoms with Crippen LogP contribution in [0.5, 0.6) is 0 Å². The van der Waals surface area contributed by atoms with Crippen LogP contribution in [-0.4, -0.2) is 27.0 Å². The average Bonchev–Trinajstić information content (AvgIpc) is 3.30. The number of nitrogens with zero attached hydrogens (tertiary/aromatic N) is 3. The standard InChI is InChI=1S/C19H11ClFN3O3S/c20-12-5-1-10(2-6-12)15-14(16(25)11-3-7-13(21)8-4-11)17(26)18(27)24(15)19-23-22-9-28-19/h1-9,15,25H/b16-14+/t15-/m1/s1. The Kier molecular flexibility index (Phi) is 4.66. The Balaban J connectivity index is 1.93. The third kappa shape index (κ3) is 3.06. The molecule has 1 amide bonds. The number of aliphatic hydroxyl groups excluding tert-OH is 1. The monoisotopic (exact) mass is 415 g/mol. The van der Waals surface area contributed by atoms with Gasteiger partial charge in [0.1, 0.15) is 17.1 Å². The number of carbonyl (C=O) groups excluding carboxylic acids is 2. The SMILES string of the molecule is O=C1C(=O)N(c2nncs2)[C@H](c2ccc(Cl)cc2)/C1=C(\O)c1ccc(F)cc1. The maximum absolute atomic E-state index is 13.2. The molecule has 1 aliphatic rings. The van der Waals surface area contributed by atoms with Gasteiger partial charge in [-0.2, -0.15) is 0 Å². The summed E-state index contributed by atoms with van der Waals surface area (Å²) in [4.78, 5) is 26.7. The lowest BCUT2D eigenvalue weighted by molar-refractivity contribution is -0.132. The molecule has 0 aliphatic carbocycles. The topological polar surface area (TPSA) is 83.4 Å². The van der Waals surface area contributed by atoms with Crippen molar-refractivity contribution in [1.82, 2.24) is 10.2 Å². The van der Waals surface area contributed by atoms with Crippen LogP contribution in [-0.2, 0) is 9.59 Å². The van der Waals surface area contributed by atoms with Crippen molar-refractivity contribution in [2.24, 2.45) is 0 Å². The number of amides is 1. The molecule has 1 fully saturated rings. The summed E-state index contributed by atoms with van der Waals surface area (Å²) in [5.74, 6) is -2.58. The number of hydrogen-bond donors (Lipinski definition) is 1. The van der Waals surface area contributed by atoms with Gasteiger partial charge in [0.05, 0.1) is 11.6 Å². The Bertz CT molecular complexity index is 1080. The number of Topliss-reactive ketones (excluding diaryl/α,β-unsaturated/α-hetero) is 1. The lowest BCUT2D eigenvalue weighted by Gasteiger charge is -2.22. The van der Waals surface area contributed by atoms with Gasteiger partial charge in [-0.05, 0) is 42.0 Å². The number of halogens is 2. The molecule has 0 spiro atoms. The fraction of sp³-hybridized carbons (Fsp3) is 0.0526. The Labute approximate surface area is 167 Å². The van der Waals surface area contributed by atoms with Crippen molar-refractivity contribution in [2.75, 3.05) is 4.90 Å². The molecule has 0 saturated carbocycles. The van der Waals surface area contributed by atoms with E-state index in [1.165, 1.54) is 22.5 Å². The molecule has 1 aliphatic heterocycles. The summed E-state index contributed by atoms with van der Waals surface area (Å²) in [6, 6.07) is 10.6. The lowest BCUT2D eigenvalue weighted by Crippen LogP contribution is -2.29. The number of benzene rings is 2. The minimum atomic E-state index is -0.921. The molecule has 9 heteroatoms. The van der Waals surface area contributed by atoms with Gasteiger partial charge in [0.15, 0.2) is 0 Å². The minimum Gasteiger partial charge on any atom is -0.507 e. The van der Waals surface area contributed by atoms with Crippen LogP contribution in [0.1, 0.15) is 17.2 Å². The predicted molar refractivity (Wildman–Crippen MR) is 103 cm³/mol. The maximum atomic E-state index is 13.2. The Morgan fingerprint density at radius 1 is 1.11 bits per heavy atom. The van der Waals surface area contributed by atoms with Crippen LogP contribution in [0.3, 0.4) is 0 Å². The van der Waals surface area contributed by atoms with Crippen LogP contribution >= 0.6 is 22.9 Å². The molecule has 2 heterocycles. The summed E-state index contributed by atoms with van der Waals surface area (Å²) >= 11 is 7.05. The van der Waals surface area contributed by atoms with Gasteiger partial charge in [0.25, 0.3) is 5.78 Å².